The molecule has 4 nitrogen and oxygen atoms in total. The number of rotatable bonds is 8. The summed E-state index contributed by atoms with van der Waals surface area (Å²) in [6, 6.07) is 0.679. The quantitative estimate of drug-likeness (QED) is 0.589. The number of aliphatic hydroxyl groups excluding tert-OH is 1. The number of ether oxygens (including phenoxy) is 1. The van der Waals surface area contributed by atoms with Crippen LogP contribution in [0.4, 0.5) is 0 Å². The number of likely N-dealkylation sites (tertiary alicyclic amines) is 1. The molecule has 1 saturated heterocycles. The Bertz CT molecular complexity index is 176. The van der Waals surface area contributed by atoms with Crippen molar-refractivity contribution in [3.8, 4) is 0 Å². The zero-order valence-corrected chi connectivity index (χ0v) is 10.6. The van der Waals surface area contributed by atoms with Gasteiger partial charge in [0.05, 0.1) is 19.8 Å². The lowest BCUT2D eigenvalue weighted by Gasteiger charge is -2.20. The maximum Gasteiger partial charge on any atom is 0.0698 e. The Labute approximate surface area is 99.0 Å². The second-order valence-corrected chi connectivity index (χ2v) is 4.78. The maximum atomic E-state index is 8.53. The van der Waals surface area contributed by atoms with Crippen LogP contribution in [0.25, 0.3) is 0 Å². The van der Waals surface area contributed by atoms with Gasteiger partial charge < -0.3 is 20.1 Å². The molecule has 2 N–H and O–H groups in total. The molecule has 0 saturated carbocycles. The van der Waals surface area contributed by atoms with E-state index in [1.807, 2.05) is 0 Å². The van der Waals surface area contributed by atoms with Crippen LogP contribution in [0.3, 0.4) is 0 Å². The molecule has 0 aliphatic carbocycles. The van der Waals surface area contributed by atoms with Crippen molar-refractivity contribution in [3.63, 3.8) is 0 Å². The molecule has 0 aromatic heterocycles. The normalized spacial score (nSPS) is 22.1. The Morgan fingerprint density at radius 2 is 2.25 bits per heavy atom. The van der Waals surface area contributed by atoms with Crippen LogP contribution in [0.2, 0.25) is 0 Å². The van der Waals surface area contributed by atoms with Gasteiger partial charge >= 0.3 is 0 Å². The molecule has 1 atom stereocenters. The molecule has 16 heavy (non-hydrogen) atoms. The second kappa shape index (κ2) is 8.01. The van der Waals surface area contributed by atoms with Gasteiger partial charge in [-0.3, -0.25) is 0 Å². The average Bonchev–Trinajstić information content (AvgIpc) is 2.72. The molecule has 1 aliphatic heterocycles. The molecule has 0 bridgehead atoms. The first-order valence-corrected chi connectivity index (χ1v) is 6.37. The Morgan fingerprint density at radius 1 is 1.44 bits per heavy atom. The van der Waals surface area contributed by atoms with E-state index in [4.69, 9.17) is 9.84 Å². The largest absolute Gasteiger partial charge is 0.394 e. The molecule has 0 aromatic rings. The Kier molecular flexibility index (Phi) is 6.96. The van der Waals surface area contributed by atoms with E-state index in [0.717, 1.165) is 19.0 Å². The van der Waals surface area contributed by atoms with Gasteiger partial charge in [0, 0.05) is 19.1 Å². The molecule has 1 rings (SSSR count). The van der Waals surface area contributed by atoms with Gasteiger partial charge in [0.15, 0.2) is 0 Å². The first-order chi connectivity index (χ1) is 7.74. The van der Waals surface area contributed by atoms with E-state index in [1.165, 1.54) is 19.5 Å². The van der Waals surface area contributed by atoms with Crippen LogP contribution in [-0.4, -0.2) is 62.0 Å². The van der Waals surface area contributed by atoms with E-state index in [9.17, 15) is 0 Å². The van der Waals surface area contributed by atoms with Gasteiger partial charge in [-0.1, -0.05) is 0 Å². The van der Waals surface area contributed by atoms with E-state index in [-0.39, 0.29) is 6.61 Å². The Morgan fingerprint density at radius 3 is 2.88 bits per heavy atom. The average molecular weight is 230 g/mol. The minimum Gasteiger partial charge on any atom is -0.394 e. The molecule has 0 amide bonds. The van der Waals surface area contributed by atoms with Gasteiger partial charge in [0.2, 0.25) is 0 Å². The van der Waals surface area contributed by atoms with Crippen molar-refractivity contribution >= 4 is 0 Å². The number of aliphatic hydroxyl groups is 1. The Balaban J connectivity index is 1.94. The van der Waals surface area contributed by atoms with Crippen molar-refractivity contribution in [3.05, 3.63) is 0 Å². The summed E-state index contributed by atoms with van der Waals surface area (Å²) in [6.45, 7) is 10.2. The second-order valence-electron chi connectivity index (χ2n) is 4.78. The van der Waals surface area contributed by atoms with Crippen LogP contribution in [-0.2, 0) is 4.74 Å². The molecule has 0 aromatic carbocycles. The number of nitrogens with zero attached hydrogens (tertiary/aromatic N) is 1. The molecule has 1 heterocycles. The third-order valence-electron chi connectivity index (χ3n) is 3.14. The van der Waals surface area contributed by atoms with Crippen molar-refractivity contribution in [2.45, 2.75) is 26.3 Å². The minimum absolute atomic E-state index is 0.117. The van der Waals surface area contributed by atoms with Crippen LogP contribution < -0.4 is 5.32 Å². The van der Waals surface area contributed by atoms with Crippen LogP contribution in [0.1, 0.15) is 20.3 Å². The zero-order valence-electron chi connectivity index (χ0n) is 10.6. The van der Waals surface area contributed by atoms with Gasteiger partial charge in [-0.25, -0.2) is 0 Å². The highest BCUT2D eigenvalue weighted by Crippen LogP contribution is 2.17. The first kappa shape index (κ1) is 13.9. The molecular weight excluding hydrogens is 204 g/mol. The van der Waals surface area contributed by atoms with Crippen molar-refractivity contribution in [2.75, 3.05) is 46.0 Å². The highest BCUT2D eigenvalue weighted by Gasteiger charge is 2.23. The molecule has 0 radical (unpaired) electrons. The molecule has 96 valence electrons. The number of nitrogens with one attached hydrogen (secondary N) is 1. The lowest BCUT2D eigenvalue weighted by Crippen LogP contribution is -2.31. The zero-order chi connectivity index (χ0) is 11.8. The summed E-state index contributed by atoms with van der Waals surface area (Å²) in [5.41, 5.74) is 0. The summed E-state index contributed by atoms with van der Waals surface area (Å²) in [5.74, 6) is 0.792. The molecule has 1 unspecified atom stereocenters. The minimum atomic E-state index is 0.117. The van der Waals surface area contributed by atoms with Gasteiger partial charge in [-0.15, -0.1) is 0 Å². The van der Waals surface area contributed by atoms with E-state index < -0.39 is 0 Å². The summed E-state index contributed by atoms with van der Waals surface area (Å²) in [6.07, 6.45) is 1.31. The smallest absolute Gasteiger partial charge is 0.0698 e. The summed E-state index contributed by atoms with van der Waals surface area (Å²) in [5, 5.41) is 11.9. The summed E-state index contributed by atoms with van der Waals surface area (Å²) in [4.78, 5) is 2.54. The summed E-state index contributed by atoms with van der Waals surface area (Å²) < 4.78 is 5.18. The van der Waals surface area contributed by atoms with E-state index in [1.54, 1.807) is 0 Å². The predicted octanol–water partition coefficient (Wildman–Crippen LogP) is 0.315. The van der Waals surface area contributed by atoms with Crippen LogP contribution >= 0.6 is 0 Å². The molecule has 0 spiro atoms. The molecule has 1 fully saturated rings. The third-order valence-corrected chi connectivity index (χ3v) is 3.14. The number of hydrogen-bond acceptors (Lipinski definition) is 4. The highest BCUT2D eigenvalue weighted by atomic mass is 16.5. The number of hydrogen-bond donors (Lipinski definition) is 2. The van der Waals surface area contributed by atoms with Crippen molar-refractivity contribution in [2.24, 2.45) is 5.92 Å². The van der Waals surface area contributed by atoms with Gasteiger partial charge in [-0.05, 0) is 39.3 Å². The topological polar surface area (TPSA) is 44.7 Å². The van der Waals surface area contributed by atoms with E-state index >= 15 is 0 Å². The van der Waals surface area contributed by atoms with Crippen LogP contribution in [0, 0.1) is 5.92 Å². The van der Waals surface area contributed by atoms with Gasteiger partial charge in [-0.2, -0.15) is 0 Å². The maximum absolute atomic E-state index is 8.53. The lowest BCUT2D eigenvalue weighted by atomic mass is 10.1. The highest BCUT2D eigenvalue weighted by molar-refractivity contribution is 4.78. The van der Waals surface area contributed by atoms with Gasteiger partial charge in [0.1, 0.15) is 0 Å². The first-order valence-electron chi connectivity index (χ1n) is 6.37. The predicted molar refractivity (Wildman–Crippen MR) is 65.6 cm³/mol. The van der Waals surface area contributed by atoms with Crippen LogP contribution in [0.15, 0.2) is 0 Å². The van der Waals surface area contributed by atoms with Crippen molar-refractivity contribution in [1.82, 2.24) is 10.2 Å². The Hall–Kier alpha value is -0.160. The van der Waals surface area contributed by atoms with Crippen molar-refractivity contribution in [1.29, 1.82) is 0 Å². The summed E-state index contributed by atoms with van der Waals surface area (Å²) in [7, 11) is 0. The standard InChI is InChI=1S/C12H26N2O2/c1-11(2)14-5-3-12(10-14)9-13-4-7-16-8-6-15/h11-13,15H,3-10H2,1-2H3. The fraction of sp³-hybridized carbons (Fsp3) is 1.00. The van der Waals surface area contributed by atoms with E-state index in [2.05, 4.69) is 24.1 Å². The lowest BCUT2D eigenvalue weighted by molar-refractivity contribution is 0.0935. The monoisotopic (exact) mass is 230 g/mol. The van der Waals surface area contributed by atoms with E-state index in [0.29, 0.717) is 19.3 Å². The SMILES string of the molecule is CC(C)N1CCC(CNCCOCCO)C1. The van der Waals surface area contributed by atoms with Crippen LogP contribution in [0.5, 0.6) is 0 Å². The third kappa shape index (κ3) is 5.25. The fourth-order valence-corrected chi connectivity index (χ4v) is 2.12. The molecule has 4 heteroatoms. The molecular formula is C12H26N2O2. The summed E-state index contributed by atoms with van der Waals surface area (Å²) >= 11 is 0. The molecule has 1 aliphatic rings. The fourth-order valence-electron chi connectivity index (χ4n) is 2.12. The van der Waals surface area contributed by atoms with Crippen molar-refractivity contribution < 1.29 is 9.84 Å². The van der Waals surface area contributed by atoms with Gasteiger partial charge in [0.25, 0.3) is 0 Å².